The highest BCUT2D eigenvalue weighted by Gasteiger charge is 2.56. The topological polar surface area (TPSA) is 43.4 Å². The number of ether oxygens (including phenoxy) is 1. The van der Waals surface area contributed by atoms with Crippen LogP contribution in [0.2, 0.25) is 0 Å². The molecule has 100 valence electrons. The molecule has 0 N–H and O–H groups in total. The fourth-order valence-electron chi connectivity index (χ4n) is 3.14. The van der Waals surface area contributed by atoms with Gasteiger partial charge in [-0.25, -0.2) is 0 Å². The Morgan fingerprint density at radius 1 is 1.50 bits per heavy atom. The number of rotatable bonds is 4. The monoisotopic (exact) mass is 250 g/mol. The van der Waals surface area contributed by atoms with Crippen LogP contribution in [0.5, 0.6) is 0 Å². The summed E-state index contributed by atoms with van der Waals surface area (Å²) in [6.07, 6.45) is 5.21. The molecule has 0 aromatic rings. The van der Waals surface area contributed by atoms with E-state index in [0.717, 1.165) is 0 Å². The van der Waals surface area contributed by atoms with Crippen molar-refractivity contribution in [2.24, 2.45) is 11.8 Å². The van der Waals surface area contributed by atoms with Gasteiger partial charge in [-0.2, -0.15) is 0 Å². The Morgan fingerprint density at radius 2 is 2.17 bits per heavy atom. The molecular formula is C15H22O3. The molecule has 2 bridgehead atoms. The van der Waals surface area contributed by atoms with Gasteiger partial charge in [0, 0.05) is 19.3 Å². The second-order valence-electron chi connectivity index (χ2n) is 6.05. The smallest absolute Gasteiger partial charge is 0.142 e. The van der Waals surface area contributed by atoms with Crippen LogP contribution in [0.4, 0.5) is 0 Å². The van der Waals surface area contributed by atoms with Crippen LogP contribution in [-0.2, 0) is 14.3 Å². The van der Waals surface area contributed by atoms with Gasteiger partial charge in [0.25, 0.3) is 0 Å². The third-order valence-corrected chi connectivity index (χ3v) is 4.29. The molecule has 3 atom stereocenters. The first-order valence-corrected chi connectivity index (χ1v) is 6.78. The molecule has 3 nitrogen and oxygen atoms in total. The van der Waals surface area contributed by atoms with Crippen LogP contribution in [0.15, 0.2) is 12.2 Å². The largest absolute Gasteiger partial charge is 0.359 e. The SMILES string of the molecule is CCC(=O)CC1C(=O)C[C@@]2(C)C=C[C@]1(C(C)C)O2. The maximum atomic E-state index is 12.3. The van der Waals surface area contributed by atoms with Gasteiger partial charge in [-0.1, -0.05) is 32.9 Å². The van der Waals surface area contributed by atoms with E-state index in [9.17, 15) is 9.59 Å². The fourth-order valence-corrected chi connectivity index (χ4v) is 3.14. The lowest BCUT2D eigenvalue weighted by Crippen LogP contribution is -2.54. The van der Waals surface area contributed by atoms with Gasteiger partial charge in [0.15, 0.2) is 0 Å². The average Bonchev–Trinajstić information content (AvgIpc) is 2.59. The highest BCUT2D eigenvalue weighted by atomic mass is 16.5. The van der Waals surface area contributed by atoms with Crippen molar-refractivity contribution in [3.63, 3.8) is 0 Å². The molecule has 0 aromatic heterocycles. The number of hydrogen-bond donors (Lipinski definition) is 0. The molecule has 2 aliphatic rings. The molecule has 2 rings (SSSR count). The predicted molar refractivity (Wildman–Crippen MR) is 69.2 cm³/mol. The summed E-state index contributed by atoms with van der Waals surface area (Å²) in [4.78, 5) is 24.1. The molecule has 3 heteroatoms. The van der Waals surface area contributed by atoms with E-state index < -0.39 is 11.2 Å². The molecule has 2 aliphatic heterocycles. The maximum absolute atomic E-state index is 12.3. The van der Waals surface area contributed by atoms with Gasteiger partial charge in [-0.15, -0.1) is 0 Å². The normalized spacial score (nSPS) is 38.5. The van der Waals surface area contributed by atoms with E-state index in [1.54, 1.807) is 0 Å². The quantitative estimate of drug-likeness (QED) is 0.720. The highest BCUT2D eigenvalue weighted by molar-refractivity contribution is 5.91. The van der Waals surface area contributed by atoms with E-state index >= 15 is 0 Å². The summed E-state index contributed by atoms with van der Waals surface area (Å²) in [5.41, 5.74) is -1.04. The number of hydrogen-bond acceptors (Lipinski definition) is 3. The standard InChI is InChI=1S/C15H22O3/c1-5-11(16)8-12-13(17)9-14(4)6-7-15(12,18-14)10(2)3/h6-7,10,12H,5,8-9H2,1-4H3/t12?,14-,15-/m1/s1. The van der Waals surface area contributed by atoms with Crippen LogP contribution >= 0.6 is 0 Å². The van der Waals surface area contributed by atoms with E-state index in [1.807, 2.05) is 26.0 Å². The summed E-state index contributed by atoms with van der Waals surface area (Å²) >= 11 is 0. The van der Waals surface area contributed by atoms with E-state index in [0.29, 0.717) is 19.3 Å². The van der Waals surface area contributed by atoms with Crippen molar-refractivity contribution in [1.29, 1.82) is 0 Å². The Morgan fingerprint density at radius 3 is 2.72 bits per heavy atom. The zero-order chi connectivity index (χ0) is 13.6. The van der Waals surface area contributed by atoms with Gasteiger partial charge in [0.2, 0.25) is 0 Å². The molecule has 0 amide bonds. The second-order valence-corrected chi connectivity index (χ2v) is 6.05. The molecule has 0 saturated carbocycles. The van der Waals surface area contributed by atoms with Gasteiger partial charge >= 0.3 is 0 Å². The summed E-state index contributed by atoms with van der Waals surface area (Å²) in [6.45, 7) is 7.90. The Balaban J connectivity index is 2.34. The van der Waals surface area contributed by atoms with Crippen LogP contribution in [0, 0.1) is 11.8 Å². The number of ketones is 2. The van der Waals surface area contributed by atoms with E-state index in [2.05, 4.69) is 13.8 Å². The Kier molecular flexibility index (Phi) is 3.22. The molecule has 0 spiro atoms. The lowest BCUT2D eigenvalue weighted by molar-refractivity contribution is -0.180. The minimum Gasteiger partial charge on any atom is -0.359 e. The predicted octanol–water partition coefficient (Wildman–Crippen LogP) is 2.68. The molecule has 1 saturated heterocycles. The number of carbonyl (C=O) groups excluding carboxylic acids is 2. The van der Waals surface area contributed by atoms with Crippen molar-refractivity contribution >= 4 is 11.6 Å². The molecular weight excluding hydrogens is 228 g/mol. The van der Waals surface area contributed by atoms with E-state index in [4.69, 9.17) is 4.74 Å². The first-order chi connectivity index (χ1) is 8.33. The average molecular weight is 250 g/mol. The Bertz CT molecular complexity index is 410. The summed E-state index contributed by atoms with van der Waals surface area (Å²) < 4.78 is 6.18. The Labute approximate surface area is 109 Å². The lowest BCUT2D eigenvalue weighted by atomic mass is 9.72. The number of Topliss-reactive ketones (excluding diaryl/α,β-unsaturated/α-hetero) is 2. The van der Waals surface area contributed by atoms with E-state index in [1.165, 1.54) is 0 Å². The van der Waals surface area contributed by atoms with Gasteiger partial charge < -0.3 is 4.74 Å². The zero-order valence-electron chi connectivity index (χ0n) is 11.7. The summed E-state index contributed by atoms with van der Waals surface area (Å²) in [5, 5.41) is 0. The number of carbonyl (C=O) groups is 2. The molecule has 1 fully saturated rings. The third kappa shape index (κ3) is 1.95. The van der Waals surface area contributed by atoms with E-state index in [-0.39, 0.29) is 23.4 Å². The van der Waals surface area contributed by atoms with Crippen molar-refractivity contribution in [2.45, 2.75) is 58.2 Å². The van der Waals surface area contributed by atoms with Crippen molar-refractivity contribution in [3.8, 4) is 0 Å². The van der Waals surface area contributed by atoms with Crippen LogP contribution in [0.25, 0.3) is 0 Å². The fraction of sp³-hybridized carbons (Fsp3) is 0.733. The molecule has 0 aromatic carbocycles. The van der Waals surface area contributed by atoms with Crippen LogP contribution in [0.3, 0.4) is 0 Å². The third-order valence-electron chi connectivity index (χ3n) is 4.29. The maximum Gasteiger partial charge on any atom is 0.142 e. The van der Waals surface area contributed by atoms with Gasteiger partial charge in [0.05, 0.1) is 17.1 Å². The number of fused-ring (bicyclic) bond motifs is 2. The molecule has 2 heterocycles. The molecule has 1 unspecified atom stereocenters. The second kappa shape index (κ2) is 4.30. The van der Waals surface area contributed by atoms with Crippen LogP contribution < -0.4 is 0 Å². The van der Waals surface area contributed by atoms with Crippen molar-refractivity contribution in [1.82, 2.24) is 0 Å². The van der Waals surface area contributed by atoms with Crippen molar-refractivity contribution in [3.05, 3.63) is 12.2 Å². The van der Waals surface area contributed by atoms with Gasteiger partial charge in [0.1, 0.15) is 11.6 Å². The first-order valence-electron chi connectivity index (χ1n) is 6.78. The van der Waals surface area contributed by atoms with Gasteiger partial charge in [-0.3, -0.25) is 9.59 Å². The molecule has 18 heavy (non-hydrogen) atoms. The zero-order valence-corrected chi connectivity index (χ0v) is 11.7. The van der Waals surface area contributed by atoms with Crippen LogP contribution in [-0.4, -0.2) is 22.8 Å². The first kappa shape index (κ1) is 13.5. The van der Waals surface area contributed by atoms with Crippen LogP contribution in [0.1, 0.15) is 47.0 Å². The minimum absolute atomic E-state index is 0.140. The minimum atomic E-state index is -0.574. The highest BCUT2D eigenvalue weighted by Crippen LogP contribution is 2.49. The lowest BCUT2D eigenvalue weighted by Gasteiger charge is -2.46. The summed E-state index contributed by atoms with van der Waals surface area (Å²) in [6, 6.07) is 0. The van der Waals surface area contributed by atoms with Gasteiger partial charge in [-0.05, 0) is 12.8 Å². The van der Waals surface area contributed by atoms with Crippen molar-refractivity contribution in [2.75, 3.05) is 0 Å². The summed E-state index contributed by atoms with van der Waals surface area (Å²) in [5.74, 6) is 0.191. The van der Waals surface area contributed by atoms with Crippen molar-refractivity contribution < 1.29 is 14.3 Å². The molecule has 0 aliphatic carbocycles. The Hall–Kier alpha value is -0.960. The summed E-state index contributed by atoms with van der Waals surface area (Å²) in [7, 11) is 0. The molecule has 0 radical (unpaired) electrons.